The van der Waals surface area contributed by atoms with Gasteiger partial charge in [-0.15, -0.1) is 16.9 Å². The summed E-state index contributed by atoms with van der Waals surface area (Å²) in [5.74, 6) is 0.999. The SMILES string of the molecule is COc1ccc(-c2cn(CCSC3CNNN3)nn2)c(F)c1. The average molecular weight is 324 g/mol. The van der Waals surface area contributed by atoms with E-state index >= 15 is 0 Å². The minimum atomic E-state index is -0.368. The number of ether oxygens (including phenoxy) is 1. The number of aromatic nitrogens is 3. The summed E-state index contributed by atoms with van der Waals surface area (Å²) in [5, 5.41) is 8.42. The van der Waals surface area contributed by atoms with Crippen molar-refractivity contribution in [1.82, 2.24) is 31.4 Å². The maximum absolute atomic E-state index is 14.0. The Balaban J connectivity index is 1.60. The largest absolute Gasteiger partial charge is 0.497 e. The fraction of sp³-hybridized carbons (Fsp3) is 0.385. The van der Waals surface area contributed by atoms with Gasteiger partial charge in [-0.3, -0.25) is 4.68 Å². The first-order chi connectivity index (χ1) is 10.8. The maximum Gasteiger partial charge on any atom is 0.136 e. The molecule has 1 unspecified atom stereocenters. The van der Waals surface area contributed by atoms with Crippen LogP contribution in [0.15, 0.2) is 24.4 Å². The minimum absolute atomic E-state index is 0.335. The van der Waals surface area contributed by atoms with Crippen LogP contribution < -0.4 is 21.1 Å². The highest BCUT2D eigenvalue weighted by Crippen LogP contribution is 2.24. The molecule has 1 saturated heterocycles. The molecule has 1 aromatic heterocycles. The van der Waals surface area contributed by atoms with Crippen molar-refractivity contribution >= 4 is 11.8 Å². The van der Waals surface area contributed by atoms with E-state index < -0.39 is 0 Å². The van der Waals surface area contributed by atoms with Gasteiger partial charge in [0.15, 0.2) is 0 Å². The van der Waals surface area contributed by atoms with Gasteiger partial charge in [-0.2, -0.15) is 5.53 Å². The quantitative estimate of drug-likeness (QED) is 0.724. The van der Waals surface area contributed by atoms with E-state index in [1.807, 2.05) is 0 Å². The lowest BCUT2D eigenvalue weighted by molar-refractivity contribution is 0.411. The van der Waals surface area contributed by atoms with Crippen LogP contribution in [0.25, 0.3) is 11.3 Å². The van der Waals surface area contributed by atoms with Crippen molar-refractivity contribution < 1.29 is 9.13 Å². The second kappa shape index (κ2) is 7.05. The molecule has 22 heavy (non-hydrogen) atoms. The van der Waals surface area contributed by atoms with Crippen LogP contribution in [0.1, 0.15) is 0 Å². The van der Waals surface area contributed by atoms with Crippen molar-refractivity contribution in [3.8, 4) is 17.0 Å². The molecule has 0 amide bonds. The van der Waals surface area contributed by atoms with Crippen LogP contribution in [0, 0.1) is 5.82 Å². The first-order valence-electron chi connectivity index (χ1n) is 6.85. The molecule has 9 heteroatoms. The fourth-order valence-electron chi connectivity index (χ4n) is 2.08. The summed E-state index contributed by atoms with van der Waals surface area (Å²) in [6, 6.07) is 4.70. The van der Waals surface area contributed by atoms with Crippen molar-refractivity contribution in [2.75, 3.05) is 19.4 Å². The summed E-state index contributed by atoms with van der Waals surface area (Å²) in [7, 11) is 1.51. The fourth-order valence-corrected chi connectivity index (χ4v) is 3.00. The molecule has 0 aliphatic carbocycles. The Bertz CT molecular complexity index is 631. The molecule has 1 fully saturated rings. The van der Waals surface area contributed by atoms with Gasteiger partial charge in [0.25, 0.3) is 0 Å². The van der Waals surface area contributed by atoms with Crippen LogP contribution in [0.3, 0.4) is 0 Å². The second-order valence-electron chi connectivity index (χ2n) is 4.72. The number of hydrazine groups is 2. The molecule has 7 nitrogen and oxygen atoms in total. The lowest BCUT2D eigenvalue weighted by Gasteiger charge is -2.07. The molecule has 0 spiro atoms. The predicted octanol–water partition coefficient (Wildman–Crippen LogP) is 0.764. The van der Waals surface area contributed by atoms with Crippen LogP contribution in [-0.4, -0.2) is 39.8 Å². The summed E-state index contributed by atoms with van der Waals surface area (Å²) < 4.78 is 20.7. The van der Waals surface area contributed by atoms with E-state index in [2.05, 4.69) is 26.7 Å². The van der Waals surface area contributed by atoms with Crippen molar-refractivity contribution in [2.24, 2.45) is 0 Å². The molecule has 1 atom stereocenters. The first-order valence-corrected chi connectivity index (χ1v) is 7.90. The minimum Gasteiger partial charge on any atom is -0.497 e. The highest BCUT2D eigenvalue weighted by Gasteiger charge is 2.14. The summed E-state index contributed by atoms with van der Waals surface area (Å²) in [5.41, 5.74) is 9.88. The Morgan fingerprint density at radius 3 is 3.14 bits per heavy atom. The molecule has 3 N–H and O–H groups in total. The third-order valence-corrected chi connectivity index (χ3v) is 4.34. The first kappa shape index (κ1) is 15.2. The molecule has 2 aromatic rings. The molecule has 1 aliphatic rings. The normalized spacial score (nSPS) is 17.8. The Labute approximate surface area is 131 Å². The van der Waals surface area contributed by atoms with Crippen LogP contribution in [0.5, 0.6) is 5.75 Å². The molecule has 2 heterocycles. The maximum atomic E-state index is 14.0. The molecule has 1 aliphatic heterocycles. The molecular weight excluding hydrogens is 307 g/mol. The number of benzene rings is 1. The zero-order valence-corrected chi connectivity index (χ0v) is 12.9. The lowest BCUT2D eigenvalue weighted by atomic mass is 10.1. The van der Waals surface area contributed by atoms with Crippen molar-refractivity contribution in [3.63, 3.8) is 0 Å². The van der Waals surface area contributed by atoms with Crippen LogP contribution in [-0.2, 0) is 6.54 Å². The van der Waals surface area contributed by atoms with Gasteiger partial charge in [-0.25, -0.2) is 15.2 Å². The Morgan fingerprint density at radius 2 is 2.41 bits per heavy atom. The standard InChI is InChI=1S/C13H17FN6OS/c1-21-9-2-3-10(11(14)6-9)12-8-20(19-16-12)4-5-22-13-7-15-18-17-13/h2-3,6,8,13,15,17-18H,4-5,7H2,1H3. The molecule has 1 aromatic carbocycles. The highest BCUT2D eigenvalue weighted by atomic mass is 32.2. The molecule has 0 bridgehead atoms. The smallest absolute Gasteiger partial charge is 0.136 e. The van der Waals surface area contributed by atoms with Crippen LogP contribution in [0.2, 0.25) is 0 Å². The average Bonchev–Trinajstić information content (AvgIpc) is 3.19. The number of rotatable bonds is 6. The van der Waals surface area contributed by atoms with Crippen molar-refractivity contribution in [2.45, 2.75) is 11.9 Å². The van der Waals surface area contributed by atoms with E-state index in [1.165, 1.54) is 13.2 Å². The van der Waals surface area contributed by atoms with Gasteiger partial charge < -0.3 is 4.74 Å². The van der Waals surface area contributed by atoms with E-state index in [1.54, 1.807) is 34.8 Å². The van der Waals surface area contributed by atoms with Gasteiger partial charge in [0, 0.05) is 23.9 Å². The van der Waals surface area contributed by atoms with Crippen LogP contribution in [0.4, 0.5) is 4.39 Å². The van der Waals surface area contributed by atoms with Gasteiger partial charge in [0.1, 0.15) is 17.3 Å². The number of nitrogens with zero attached hydrogens (tertiary/aromatic N) is 3. The highest BCUT2D eigenvalue weighted by molar-refractivity contribution is 7.99. The van der Waals surface area contributed by atoms with E-state index in [-0.39, 0.29) is 5.82 Å². The third-order valence-electron chi connectivity index (χ3n) is 3.24. The van der Waals surface area contributed by atoms with E-state index in [9.17, 15) is 4.39 Å². The van der Waals surface area contributed by atoms with Crippen molar-refractivity contribution in [1.29, 1.82) is 0 Å². The zero-order valence-electron chi connectivity index (χ0n) is 12.0. The Morgan fingerprint density at radius 1 is 1.50 bits per heavy atom. The third kappa shape index (κ3) is 3.55. The second-order valence-corrected chi connectivity index (χ2v) is 6.03. The molecular formula is C13H17FN6OS. The zero-order chi connectivity index (χ0) is 15.4. The summed E-state index contributed by atoms with van der Waals surface area (Å²) in [6.07, 6.45) is 1.75. The summed E-state index contributed by atoms with van der Waals surface area (Å²) >= 11 is 1.78. The molecule has 3 rings (SSSR count). The number of hydrogen-bond donors (Lipinski definition) is 3. The number of aryl methyl sites for hydroxylation is 1. The van der Waals surface area contributed by atoms with Gasteiger partial charge in [-0.05, 0) is 12.1 Å². The van der Waals surface area contributed by atoms with E-state index in [0.717, 1.165) is 12.3 Å². The van der Waals surface area contributed by atoms with Gasteiger partial charge in [-0.1, -0.05) is 5.21 Å². The number of methoxy groups -OCH3 is 1. The Kier molecular flexibility index (Phi) is 4.88. The number of nitrogens with one attached hydrogen (secondary N) is 3. The monoisotopic (exact) mass is 324 g/mol. The summed E-state index contributed by atoms with van der Waals surface area (Å²) in [4.78, 5) is 0. The van der Waals surface area contributed by atoms with Gasteiger partial charge in [0.2, 0.25) is 0 Å². The molecule has 0 radical (unpaired) electrons. The number of hydrogen-bond acceptors (Lipinski definition) is 7. The Hall–Kier alpha value is -1.68. The topological polar surface area (TPSA) is 76.0 Å². The van der Waals surface area contributed by atoms with E-state index in [4.69, 9.17) is 4.74 Å². The summed E-state index contributed by atoms with van der Waals surface area (Å²) in [6.45, 7) is 1.58. The van der Waals surface area contributed by atoms with Gasteiger partial charge in [0.05, 0.1) is 25.2 Å². The van der Waals surface area contributed by atoms with Crippen LogP contribution >= 0.6 is 11.8 Å². The number of thioether (sulfide) groups is 1. The van der Waals surface area contributed by atoms with Gasteiger partial charge >= 0.3 is 0 Å². The van der Waals surface area contributed by atoms with E-state index in [0.29, 0.717) is 28.9 Å². The lowest BCUT2D eigenvalue weighted by Crippen LogP contribution is -2.32. The molecule has 0 saturated carbocycles. The number of halogens is 1. The molecule has 118 valence electrons. The van der Waals surface area contributed by atoms with Crippen molar-refractivity contribution in [3.05, 3.63) is 30.2 Å². The predicted molar refractivity (Wildman–Crippen MR) is 82.5 cm³/mol.